The van der Waals surface area contributed by atoms with Gasteiger partial charge in [-0.25, -0.2) is 8.78 Å². The summed E-state index contributed by atoms with van der Waals surface area (Å²) in [6.45, 7) is 5.87. The topological polar surface area (TPSA) is 95.7 Å². The second-order valence-electron chi connectivity index (χ2n) is 13.8. The number of benzene rings is 4. The average Bonchev–Trinajstić information content (AvgIpc) is 3.10. The summed E-state index contributed by atoms with van der Waals surface area (Å²) in [7, 11) is 3.07. The number of hydrogen-bond donors (Lipinski definition) is 2. The summed E-state index contributed by atoms with van der Waals surface area (Å²) in [5.74, 6) is -3.36. The Morgan fingerprint density at radius 3 is 1.92 bits per heavy atom. The average molecular weight is 695 g/mol. The van der Waals surface area contributed by atoms with Crippen molar-refractivity contribution in [2.45, 2.75) is 64.1 Å². The summed E-state index contributed by atoms with van der Waals surface area (Å²) in [5.41, 5.74) is 10.7. The maximum Gasteiger partial charge on any atom is 0.246 e. The lowest BCUT2D eigenvalue weighted by Gasteiger charge is -2.34. The van der Waals surface area contributed by atoms with E-state index in [9.17, 15) is 23.2 Å². The van der Waals surface area contributed by atoms with Crippen molar-refractivity contribution in [1.29, 1.82) is 0 Å². The minimum absolute atomic E-state index is 0.0721. The van der Waals surface area contributed by atoms with Gasteiger partial charge in [-0.3, -0.25) is 14.4 Å². The maximum absolute atomic E-state index is 14.5. The molecule has 268 valence electrons. The van der Waals surface area contributed by atoms with E-state index in [0.29, 0.717) is 24.9 Å². The molecule has 0 spiro atoms. The minimum Gasteiger partial charge on any atom is -0.354 e. The van der Waals surface area contributed by atoms with E-state index in [0.717, 1.165) is 40.0 Å². The first-order valence-electron chi connectivity index (χ1n) is 17.1. The summed E-state index contributed by atoms with van der Waals surface area (Å²) in [5, 5.41) is 2.92. The van der Waals surface area contributed by atoms with Crippen molar-refractivity contribution in [1.82, 2.24) is 15.1 Å². The number of halogens is 2. The van der Waals surface area contributed by atoms with Crippen molar-refractivity contribution in [2.24, 2.45) is 5.73 Å². The number of carbonyl (C=O) groups excluding carboxylic acids is 3. The SMILES string of the molecule is C/C(=C\C(=O)N(C)[C@H](Cc1ccc(-c2ccccc2)cc1)C(=O)N(C)[C@H](Cc1ccc(F)c(F)c1)C(=O)NCCc1ccccc1)CC(C)(C)N. The molecular weight excluding hydrogens is 646 g/mol. The van der Waals surface area contributed by atoms with Crippen molar-refractivity contribution < 1.29 is 23.2 Å². The molecule has 4 rings (SSSR count). The van der Waals surface area contributed by atoms with Crippen molar-refractivity contribution in [2.75, 3.05) is 20.6 Å². The highest BCUT2D eigenvalue weighted by Gasteiger charge is 2.35. The molecular formula is C42H48F2N4O3. The smallest absolute Gasteiger partial charge is 0.246 e. The Bertz CT molecular complexity index is 1810. The number of likely N-dealkylation sites (N-methyl/N-ethyl adjacent to an activating group) is 2. The number of hydrogen-bond acceptors (Lipinski definition) is 4. The zero-order valence-corrected chi connectivity index (χ0v) is 30.0. The van der Waals surface area contributed by atoms with Gasteiger partial charge in [-0.2, -0.15) is 0 Å². The molecule has 0 aliphatic heterocycles. The fourth-order valence-electron chi connectivity index (χ4n) is 6.09. The zero-order valence-electron chi connectivity index (χ0n) is 30.0. The summed E-state index contributed by atoms with van der Waals surface area (Å²) in [4.78, 5) is 44.7. The van der Waals surface area contributed by atoms with Gasteiger partial charge in [-0.05, 0) is 73.6 Å². The van der Waals surface area contributed by atoms with Gasteiger partial charge in [0.25, 0.3) is 0 Å². The fourth-order valence-corrected chi connectivity index (χ4v) is 6.09. The Hall–Kier alpha value is -5.15. The minimum atomic E-state index is -1.08. The Balaban J connectivity index is 1.64. The molecule has 0 fully saturated rings. The quantitative estimate of drug-likeness (QED) is 0.139. The van der Waals surface area contributed by atoms with Gasteiger partial charge in [-0.15, -0.1) is 0 Å². The summed E-state index contributed by atoms with van der Waals surface area (Å²) < 4.78 is 28.1. The van der Waals surface area contributed by atoms with Crippen LogP contribution in [0.4, 0.5) is 8.78 Å². The van der Waals surface area contributed by atoms with Gasteiger partial charge in [0.15, 0.2) is 11.6 Å². The lowest BCUT2D eigenvalue weighted by molar-refractivity contribution is -0.146. The molecule has 0 saturated carbocycles. The van der Waals surface area contributed by atoms with E-state index in [1.807, 2.05) is 106 Å². The maximum atomic E-state index is 14.5. The van der Waals surface area contributed by atoms with Crippen LogP contribution in [0, 0.1) is 11.6 Å². The Morgan fingerprint density at radius 1 is 0.745 bits per heavy atom. The lowest BCUT2D eigenvalue weighted by Crippen LogP contribution is -2.56. The van der Waals surface area contributed by atoms with Crippen molar-refractivity contribution in [3.8, 4) is 11.1 Å². The third-order valence-corrected chi connectivity index (χ3v) is 8.78. The molecule has 3 N–H and O–H groups in total. The zero-order chi connectivity index (χ0) is 37.1. The molecule has 51 heavy (non-hydrogen) atoms. The highest BCUT2D eigenvalue weighted by molar-refractivity contribution is 5.95. The fraction of sp³-hybridized carbons (Fsp3) is 0.310. The highest BCUT2D eigenvalue weighted by atomic mass is 19.2. The predicted molar refractivity (Wildman–Crippen MR) is 199 cm³/mol. The third kappa shape index (κ3) is 11.4. The van der Waals surface area contributed by atoms with Crippen molar-refractivity contribution in [3.63, 3.8) is 0 Å². The first-order valence-corrected chi connectivity index (χ1v) is 17.1. The van der Waals surface area contributed by atoms with Crippen LogP contribution in [0.15, 0.2) is 115 Å². The van der Waals surface area contributed by atoms with Crippen LogP contribution < -0.4 is 11.1 Å². The van der Waals surface area contributed by atoms with Gasteiger partial charge in [0, 0.05) is 45.1 Å². The molecule has 0 radical (unpaired) electrons. The number of nitrogens with two attached hydrogens (primary N) is 1. The monoisotopic (exact) mass is 694 g/mol. The molecule has 9 heteroatoms. The molecule has 4 aromatic rings. The molecule has 0 saturated heterocycles. The standard InChI is InChI=1S/C42H48F2N4O3/c1-29(28-42(2,3)45)24-39(49)47(4)38(26-31-16-19-34(20-17-31)33-14-10-7-11-15-33)41(51)48(5)37(27-32-18-21-35(43)36(44)25-32)40(50)46-23-22-30-12-8-6-9-13-30/h6-21,24-25,37-38H,22-23,26-28,45H2,1-5H3,(H,46,50)/b29-24+/t37-,38-/m1/s1. The number of rotatable bonds is 15. The van der Waals surface area contributed by atoms with Crippen LogP contribution in [0.5, 0.6) is 0 Å². The Morgan fingerprint density at radius 2 is 1.31 bits per heavy atom. The molecule has 2 atom stereocenters. The van der Waals surface area contributed by atoms with Crippen LogP contribution in [-0.2, 0) is 33.6 Å². The van der Waals surface area contributed by atoms with E-state index in [-0.39, 0.29) is 18.7 Å². The van der Waals surface area contributed by atoms with Crippen LogP contribution in [0.1, 0.15) is 43.9 Å². The summed E-state index contributed by atoms with van der Waals surface area (Å²) in [6, 6.07) is 28.7. The van der Waals surface area contributed by atoms with Gasteiger partial charge in [-0.1, -0.05) is 96.6 Å². The third-order valence-electron chi connectivity index (χ3n) is 8.78. The van der Waals surface area contributed by atoms with E-state index >= 15 is 0 Å². The van der Waals surface area contributed by atoms with Gasteiger partial charge < -0.3 is 20.9 Å². The Kier molecular flexibility index (Phi) is 13.4. The molecule has 7 nitrogen and oxygen atoms in total. The van der Waals surface area contributed by atoms with Crippen LogP contribution in [0.3, 0.4) is 0 Å². The summed E-state index contributed by atoms with van der Waals surface area (Å²) >= 11 is 0. The Labute approximate surface area is 300 Å². The van der Waals surface area contributed by atoms with Gasteiger partial charge in [0.05, 0.1) is 0 Å². The van der Waals surface area contributed by atoms with Crippen molar-refractivity contribution >= 4 is 17.7 Å². The predicted octanol–water partition coefficient (Wildman–Crippen LogP) is 6.50. The number of nitrogens with zero attached hydrogens (tertiary/aromatic N) is 2. The molecule has 4 aromatic carbocycles. The molecule has 0 bridgehead atoms. The van der Waals surface area contributed by atoms with Gasteiger partial charge in [0.1, 0.15) is 12.1 Å². The normalized spacial score (nSPS) is 12.9. The second-order valence-corrected chi connectivity index (χ2v) is 13.8. The van der Waals surface area contributed by atoms with E-state index in [1.165, 1.54) is 29.0 Å². The number of amides is 3. The van der Waals surface area contributed by atoms with E-state index in [2.05, 4.69) is 5.32 Å². The van der Waals surface area contributed by atoms with E-state index in [1.54, 1.807) is 7.05 Å². The van der Waals surface area contributed by atoms with E-state index in [4.69, 9.17) is 5.73 Å². The molecule has 0 unspecified atom stereocenters. The molecule has 0 aliphatic carbocycles. The van der Waals surface area contributed by atoms with Crippen LogP contribution in [-0.4, -0.2) is 65.8 Å². The number of carbonyl (C=O) groups is 3. The first kappa shape index (κ1) is 38.6. The first-order chi connectivity index (χ1) is 24.2. The molecule has 0 aliphatic rings. The molecule has 3 amide bonds. The van der Waals surface area contributed by atoms with Gasteiger partial charge in [0.2, 0.25) is 17.7 Å². The molecule has 0 aromatic heterocycles. The largest absolute Gasteiger partial charge is 0.354 e. The van der Waals surface area contributed by atoms with E-state index < -0.39 is 41.1 Å². The number of nitrogens with one attached hydrogen (secondary N) is 1. The summed E-state index contributed by atoms with van der Waals surface area (Å²) in [6.07, 6.45) is 2.63. The highest BCUT2D eigenvalue weighted by Crippen LogP contribution is 2.22. The van der Waals surface area contributed by atoms with Crippen LogP contribution >= 0.6 is 0 Å². The van der Waals surface area contributed by atoms with Gasteiger partial charge >= 0.3 is 0 Å². The lowest BCUT2D eigenvalue weighted by atomic mass is 9.96. The van der Waals surface area contributed by atoms with Crippen LogP contribution in [0.2, 0.25) is 0 Å². The molecule has 0 heterocycles. The van der Waals surface area contributed by atoms with Crippen molar-refractivity contribution in [3.05, 3.63) is 143 Å². The second kappa shape index (κ2) is 17.7. The van der Waals surface area contributed by atoms with Crippen LogP contribution in [0.25, 0.3) is 11.1 Å².